The zero-order chi connectivity index (χ0) is 12.1. The summed E-state index contributed by atoms with van der Waals surface area (Å²) in [5, 5.41) is 0. The first-order valence-electron chi connectivity index (χ1n) is 4.94. The number of hydrazine groups is 1. The number of halogens is 1. The number of rotatable bonds is 4. The fourth-order valence-corrected chi connectivity index (χ4v) is 2.25. The number of aromatic nitrogens is 2. The molecule has 0 saturated carbocycles. The first-order valence-corrected chi connectivity index (χ1v) is 6.71. The van der Waals surface area contributed by atoms with E-state index in [-0.39, 0.29) is 0 Å². The summed E-state index contributed by atoms with van der Waals surface area (Å²) in [5.74, 6) is 6.58. The van der Waals surface area contributed by atoms with Crippen LogP contribution in [-0.2, 0) is 5.75 Å². The summed E-state index contributed by atoms with van der Waals surface area (Å²) in [6.07, 6.45) is 3.35. The molecule has 0 fully saturated rings. The van der Waals surface area contributed by atoms with E-state index in [1.165, 1.54) is 4.90 Å². The highest BCUT2D eigenvalue weighted by Crippen LogP contribution is 2.23. The molecule has 0 amide bonds. The second-order valence-corrected chi connectivity index (χ2v) is 5.24. The number of benzene rings is 1. The van der Waals surface area contributed by atoms with Crippen molar-refractivity contribution in [2.45, 2.75) is 10.6 Å². The van der Waals surface area contributed by atoms with Crippen molar-refractivity contribution in [1.29, 1.82) is 0 Å². The monoisotopic (exact) mass is 310 g/mol. The van der Waals surface area contributed by atoms with E-state index < -0.39 is 0 Å². The van der Waals surface area contributed by atoms with E-state index in [9.17, 15) is 0 Å². The molecule has 6 heteroatoms. The summed E-state index contributed by atoms with van der Waals surface area (Å²) in [6.45, 7) is 0. The van der Waals surface area contributed by atoms with Crippen LogP contribution in [0.5, 0.6) is 0 Å². The van der Waals surface area contributed by atoms with Gasteiger partial charge in [0.1, 0.15) is 0 Å². The minimum absolute atomic E-state index is 0.572. The van der Waals surface area contributed by atoms with Crippen LogP contribution in [0.1, 0.15) is 5.69 Å². The molecule has 0 saturated heterocycles. The van der Waals surface area contributed by atoms with Gasteiger partial charge >= 0.3 is 0 Å². The number of hydrogen-bond donors (Lipinski definition) is 2. The molecule has 2 aromatic rings. The second-order valence-electron chi connectivity index (χ2n) is 3.28. The minimum Gasteiger partial charge on any atom is -0.307 e. The van der Waals surface area contributed by atoms with Gasteiger partial charge in [0.2, 0.25) is 0 Å². The van der Waals surface area contributed by atoms with Gasteiger partial charge < -0.3 is 5.43 Å². The summed E-state index contributed by atoms with van der Waals surface area (Å²) in [5.41, 5.74) is 3.38. The Bertz CT molecular complexity index is 472. The molecule has 4 nitrogen and oxygen atoms in total. The van der Waals surface area contributed by atoms with Gasteiger partial charge in [0.15, 0.2) is 5.82 Å². The van der Waals surface area contributed by atoms with Crippen molar-refractivity contribution in [2.75, 3.05) is 5.43 Å². The molecule has 0 bridgehead atoms. The van der Waals surface area contributed by atoms with Gasteiger partial charge in [0.05, 0.1) is 18.1 Å². The summed E-state index contributed by atoms with van der Waals surface area (Å²) in [7, 11) is 0. The lowest BCUT2D eigenvalue weighted by Gasteiger charge is -2.02. The Kier molecular flexibility index (Phi) is 4.36. The van der Waals surface area contributed by atoms with Crippen LogP contribution in [0.4, 0.5) is 5.82 Å². The predicted octanol–water partition coefficient (Wildman–Crippen LogP) is 2.82. The van der Waals surface area contributed by atoms with Crippen molar-refractivity contribution in [3.8, 4) is 0 Å². The number of nitrogens with two attached hydrogens (primary N) is 1. The largest absolute Gasteiger partial charge is 0.307 e. The van der Waals surface area contributed by atoms with E-state index in [1.807, 2.05) is 12.1 Å². The summed E-state index contributed by atoms with van der Waals surface area (Å²) < 4.78 is 1.08. The Morgan fingerprint density at radius 2 is 1.94 bits per heavy atom. The van der Waals surface area contributed by atoms with E-state index in [4.69, 9.17) is 5.84 Å². The van der Waals surface area contributed by atoms with Gasteiger partial charge in [-0.15, -0.1) is 11.8 Å². The molecule has 2 rings (SSSR count). The van der Waals surface area contributed by atoms with E-state index in [0.717, 1.165) is 15.9 Å². The smallest absolute Gasteiger partial charge is 0.158 e. The topological polar surface area (TPSA) is 63.8 Å². The molecule has 1 aromatic carbocycles. The van der Waals surface area contributed by atoms with Gasteiger partial charge in [-0.05, 0) is 24.3 Å². The van der Waals surface area contributed by atoms with E-state index in [1.54, 1.807) is 24.2 Å². The molecule has 0 aliphatic heterocycles. The van der Waals surface area contributed by atoms with E-state index in [2.05, 4.69) is 43.5 Å². The lowest BCUT2D eigenvalue weighted by Crippen LogP contribution is -2.08. The van der Waals surface area contributed by atoms with Crippen LogP contribution < -0.4 is 11.3 Å². The molecule has 0 unspecified atom stereocenters. The molecular weight excluding hydrogens is 300 g/mol. The fraction of sp³-hybridized carbons (Fsp3) is 0.0909. The second kappa shape index (κ2) is 6.00. The number of nitrogen functional groups attached to an aromatic ring is 1. The van der Waals surface area contributed by atoms with Gasteiger partial charge in [0.25, 0.3) is 0 Å². The van der Waals surface area contributed by atoms with Crippen LogP contribution in [0.2, 0.25) is 0 Å². The van der Waals surface area contributed by atoms with E-state index >= 15 is 0 Å². The molecular formula is C11H11BrN4S. The lowest BCUT2D eigenvalue weighted by atomic mass is 10.4. The third kappa shape index (κ3) is 3.69. The maximum Gasteiger partial charge on any atom is 0.158 e. The van der Waals surface area contributed by atoms with Gasteiger partial charge in [-0.3, -0.25) is 4.98 Å². The van der Waals surface area contributed by atoms with Crippen molar-refractivity contribution >= 4 is 33.5 Å². The summed E-state index contributed by atoms with van der Waals surface area (Å²) in [6, 6.07) is 8.18. The summed E-state index contributed by atoms with van der Waals surface area (Å²) >= 11 is 5.13. The number of anilines is 1. The molecule has 0 aliphatic rings. The Hall–Kier alpha value is -1.11. The normalized spacial score (nSPS) is 10.2. The van der Waals surface area contributed by atoms with Crippen molar-refractivity contribution in [3.05, 3.63) is 46.8 Å². The Balaban J connectivity index is 1.95. The zero-order valence-electron chi connectivity index (χ0n) is 8.93. The number of nitrogens with zero attached hydrogens (tertiary/aromatic N) is 2. The zero-order valence-corrected chi connectivity index (χ0v) is 11.3. The van der Waals surface area contributed by atoms with E-state index in [0.29, 0.717) is 5.82 Å². The van der Waals surface area contributed by atoms with Crippen LogP contribution in [0.25, 0.3) is 0 Å². The van der Waals surface area contributed by atoms with Gasteiger partial charge in [-0.1, -0.05) is 15.9 Å². The molecule has 0 radical (unpaired) electrons. The quantitative estimate of drug-likeness (QED) is 0.516. The predicted molar refractivity (Wildman–Crippen MR) is 73.5 cm³/mol. The number of hydrogen-bond acceptors (Lipinski definition) is 5. The van der Waals surface area contributed by atoms with Gasteiger partial charge in [-0.25, -0.2) is 10.8 Å². The Morgan fingerprint density at radius 3 is 2.53 bits per heavy atom. The SMILES string of the molecule is NNc1cnc(CSc2ccc(Br)cc2)cn1. The highest BCUT2D eigenvalue weighted by Gasteiger charge is 1.99. The number of thioether (sulfide) groups is 1. The van der Waals surface area contributed by atoms with Gasteiger partial charge in [-0.2, -0.15) is 0 Å². The fourth-order valence-electron chi connectivity index (χ4n) is 1.19. The average molecular weight is 311 g/mol. The van der Waals surface area contributed by atoms with Crippen molar-refractivity contribution in [2.24, 2.45) is 5.84 Å². The van der Waals surface area contributed by atoms with Crippen molar-refractivity contribution in [3.63, 3.8) is 0 Å². The maximum atomic E-state index is 5.22. The first-order chi connectivity index (χ1) is 8.28. The molecule has 17 heavy (non-hydrogen) atoms. The molecule has 1 aromatic heterocycles. The molecule has 1 heterocycles. The van der Waals surface area contributed by atoms with Crippen molar-refractivity contribution in [1.82, 2.24) is 9.97 Å². The van der Waals surface area contributed by atoms with Crippen molar-refractivity contribution < 1.29 is 0 Å². The maximum absolute atomic E-state index is 5.22. The van der Waals surface area contributed by atoms with Crippen LogP contribution in [-0.4, -0.2) is 9.97 Å². The third-order valence-electron chi connectivity index (χ3n) is 2.05. The first kappa shape index (κ1) is 12.3. The highest BCUT2D eigenvalue weighted by atomic mass is 79.9. The van der Waals surface area contributed by atoms with Crippen LogP contribution in [0, 0.1) is 0 Å². The molecule has 3 N–H and O–H groups in total. The summed E-state index contributed by atoms with van der Waals surface area (Å²) in [4.78, 5) is 9.56. The van der Waals surface area contributed by atoms with Crippen LogP contribution >= 0.6 is 27.7 Å². The molecule has 88 valence electrons. The van der Waals surface area contributed by atoms with Crippen LogP contribution in [0.3, 0.4) is 0 Å². The highest BCUT2D eigenvalue weighted by molar-refractivity contribution is 9.10. The Labute approximate surface area is 112 Å². The standard InChI is InChI=1S/C11H11BrN4S/c12-8-1-3-10(4-2-8)17-7-9-5-15-11(16-13)6-14-9/h1-6H,7,13H2,(H,15,16). The number of nitrogens with one attached hydrogen (secondary N) is 1. The molecule has 0 atom stereocenters. The lowest BCUT2D eigenvalue weighted by molar-refractivity contribution is 1.08. The average Bonchev–Trinajstić information content (AvgIpc) is 2.39. The molecule has 0 aliphatic carbocycles. The Morgan fingerprint density at radius 1 is 1.18 bits per heavy atom. The third-order valence-corrected chi connectivity index (χ3v) is 3.63. The molecule has 0 spiro atoms. The van der Waals surface area contributed by atoms with Gasteiger partial charge in [0, 0.05) is 15.1 Å². The van der Waals surface area contributed by atoms with Crippen LogP contribution in [0.15, 0.2) is 46.0 Å². The minimum atomic E-state index is 0.572.